The summed E-state index contributed by atoms with van der Waals surface area (Å²) in [5.74, 6) is -0.671. The van der Waals surface area contributed by atoms with Crippen LogP contribution in [0.4, 0.5) is 0 Å². The van der Waals surface area contributed by atoms with Crippen molar-refractivity contribution < 1.29 is 14.3 Å². The second-order valence-corrected chi connectivity index (χ2v) is 7.39. The summed E-state index contributed by atoms with van der Waals surface area (Å²) in [6.07, 6.45) is 0.540. The summed E-state index contributed by atoms with van der Waals surface area (Å²) >= 11 is 1.42. The number of nitrogens with zero attached hydrogens (tertiary/aromatic N) is 2. The first kappa shape index (κ1) is 19.0. The van der Waals surface area contributed by atoms with Gasteiger partial charge in [-0.05, 0) is 44.0 Å². The van der Waals surface area contributed by atoms with Crippen LogP contribution < -0.4 is 4.80 Å². The molecule has 0 aliphatic carbocycles. The number of esters is 1. The van der Waals surface area contributed by atoms with Gasteiger partial charge in [0.25, 0.3) is 5.91 Å². The molecule has 0 spiro atoms. The zero-order chi connectivity index (χ0) is 19.6. The highest BCUT2D eigenvalue weighted by atomic mass is 32.1. The van der Waals surface area contributed by atoms with Crippen molar-refractivity contribution in [2.24, 2.45) is 4.99 Å². The molecular formula is C21H22N2O3S. The molecule has 0 bridgehead atoms. The van der Waals surface area contributed by atoms with Crippen molar-refractivity contribution in [2.45, 2.75) is 33.2 Å². The van der Waals surface area contributed by atoms with Gasteiger partial charge in [-0.3, -0.25) is 4.79 Å². The maximum atomic E-state index is 12.7. The number of aromatic nitrogens is 1. The standard InChI is InChI=1S/C21H22N2O3S/c1-5-16(20(25)26-4)23-17-8-6-7-14(3)18(17)27-21(23)22-19(24)15-11-9-13(2)10-12-15/h6-12,16H,5H2,1-4H3. The Morgan fingerprint density at radius 1 is 1.15 bits per heavy atom. The lowest BCUT2D eigenvalue weighted by atomic mass is 10.1. The summed E-state index contributed by atoms with van der Waals surface area (Å²) < 4.78 is 7.82. The number of rotatable bonds is 4. The third-order valence-electron chi connectivity index (χ3n) is 4.52. The molecule has 0 fully saturated rings. The van der Waals surface area contributed by atoms with Gasteiger partial charge >= 0.3 is 5.97 Å². The van der Waals surface area contributed by atoms with Crippen LogP contribution in [0.5, 0.6) is 0 Å². The minimum absolute atomic E-state index is 0.326. The molecule has 1 amide bonds. The summed E-state index contributed by atoms with van der Waals surface area (Å²) in [7, 11) is 1.37. The van der Waals surface area contributed by atoms with Gasteiger partial charge in [0.2, 0.25) is 0 Å². The summed E-state index contributed by atoms with van der Waals surface area (Å²) in [6.45, 7) is 5.89. The molecule has 3 rings (SSSR count). The Labute approximate surface area is 161 Å². The number of benzene rings is 2. The number of amides is 1. The van der Waals surface area contributed by atoms with Gasteiger partial charge in [-0.25, -0.2) is 4.79 Å². The van der Waals surface area contributed by atoms with Crippen LogP contribution >= 0.6 is 11.3 Å². The molecule has 0 aliphatic rings. The van der Waals surface area contributed by atoms with E-state index in [1.54, 1.807) is 12.1 Å². The first-order valence-electron chi connectivity index (χ1n) is 8.80. The zero-order valence-electron chi connectivity index (χ0n) is 15.9. The number of aryl methyl sites for hydroxylation is 2. The molecule has 0 saturated heterocycles. The highest BCUT2D eigenvalue weighted by Gasteiger charge is 2.23. The molecule has 0 N–H and O–H groups in total. The Morgan fingerprint density at radius 2 is 1.85 bits per heavy atom. The Balaban J connectivity index is 2.23. The van der Waals surface area contributed by atoms with Crippen molar-refractivity contribution in [3.8, 4) is 0 Å². The van der Waals surface area contributed by atoms with E-state index in [1.165, 1.54) is 18.4 Å². The topological polar surface area (TPSA) is 60.7 Å². The van der Waals surface area contributed by atoms with Crippen molar-refractivity contribution in [3.05, 3.63) is 64.0 Å². The lowest BCUT2D eigenvalue weighted by Crippen LogP contribution is -2.28. The highest BCUT2D eigenvalue weighted by molar-refractivity contribution is 7.16. The minimum Gasteiger partial charge on any atom is -0.467 e. The van der Waals surface area contributed by atoms with E-state index in [2.05, 4.69) is 4.99 Å². The van der Waals surface area contributed by atoms with Crippen LogP contribution in [0.1, 0.15) is 40.9 Å². The molecule has 140 valence electrons. The molecular weight excluding hydrogens is 360 g/mol. The van der Waals surface area contributed by atoms with E-state index in [1.807, 2.05) is 55.7 Å². The molecule has 0 radical (unpaired) electrons. The van der Waals surface area contributed by atoms with Crippen LogP contribution in [0, 0.1) is 13.8 Å². The molecule has 1 heterocycles. The molecule has 1 atom stereocenters. The monoisotopic (exact) mass is 382 g/mol. The zero-order valence-corrected chi connectivity index (χ0v) is 16.7. The average Bonchev–Trinajstić information content (AvgIpc) is 3.02. The summed E-state index contributed by atoms with van der Waals surface area (Å²) in [6, 6.07) is 12.7. The van der Waals surface area contributed by atoms with Crippen molar-refractivity contribution >= 4 is 33.4 Å². The summed E-state index contributed by atoms with van der Waals surface area (Å²) in [5, 5.41) is 0. The smallest absolute Gasteiger partial charge is 0.328 e. The van der Waals surface area contributed by atoms with Crippen LogP contribution in [0.25, 0.3) is 10.2 Å². The number of hydrogen-bond acceptors (Lipinski definition) is 4. The van der Waals surface area contributed by atoms with E-state index in [0.717, 1.165) is 21.3 Å². The van der Waals surface area contributed by atoms with E-state index < -0.39 is 6.04 Å². The Hall–Kier alpha value is -2.73. The minimum atomic E-state index is -0.532. The van der Waals surface area contributed by atoms with Crippen LogP contribution in [0.3, 0.4) is 0 Å². The van der Waals surface area contributed by atoms with E-state index in [0.29, 0.717) is 16.8 Å². The first-order valence-corrected chi connectivity index (χ1v) is 9.62. The van der Waals surface area contributed by atoms with E-state index in [-0.39, 0.29) is 11.9 Å². The predicted molar refractivity (Wildman–Crippen MR) is 107 cm³/mol. The summed E-state index contributed by atoms with van der Waals surface area (Å²) in [5.41, 5.74) is 3.56. The van der Waals surface area contributed by atoms with Crippen molar-refractivity contribution in [1.29, 1.82) is 0 Å². The Kier molecular flexibility index (Phi) is 5.56. The fourth-order valence-electron chi connectivity index (χ4n) is 3.02. The maximum absolute atomic E-state index is 12.7. The molecule has 2 aromatic carbocycles. The van der Waals surface area contributed by atoms with Crippen molar-refractivity contribution in [3.63, 3.8) is 0 Å². The van der Waals surface area contributed by atoms with Gasteiger partial charge in [0.05, 0.1) is 17.3 Å². The van der Waals surface area contributed by atoms with Crippen LogP contribution in [-0.4, -0.2) is 23.6 Å². The molecule has 0 saturated carbocycles. The SMILES string of the molecule is CCC(C(=O)OC)n1c(=NC(=O)c2ccc(C)cc2)sc2c(C)cccc21. The van der Waals surface area contributed by atoms with Gasteiger partial charge in [0.1, 0.15) is 6.04 Å². The van der Waals surface area contributed by atoms with E-state index in [9.17, 15) is 9.59 Å². The Bertz CT molecular complexity index is 1060. The Morgan fingerprint density at radius 3 is 2.48 bits per heavy atom. The summed E-state index contributed by atoms with van der Waals surface area (Å²) in [4.78, 5) is 29.9. The third-order valence-corrected chi connectivity index (χ3v) is 5.72. The largest absolute Gasteiger partial charge is 0.467 e. The number of ether oxygens (including phenoxy) is 1. The average molecular weight is 382 g/mol. The van der Waals surface area contributed by atoms with Gasteiger partial charge in [-0.2, -0.15) is 4.99 Å². The number of hydrogen-bond donors (Lipinski definition) is 0. The normalized spacial score (nSPS) is 13.0. The maximum Gasteiger partial charge on any atom is 0.328 e. The first-order chi connectivity index (χ1) is 13.0. The molecule has 6 heteroatoms. The number of methoxy groups -OCH3 is 1. The van der Waals surface area contributed by atoms with Gasteiger partial charge in [0, 0.05) is 5.56 Å². The van der Waals surface area contributed by atoms with Crippen LogP contribution in [0.15, 0.2) is 47.5 Å². The molecule has 0 aliphatic heterocycles. The van der Waals surface area contributed by atoms with Gasteiger partial charge in [-0.15, -0.1) is 0 Å². The molecule has 3 aromatic rings. The van der Waals surface area contributed by atoms with Gasteiger partial charge < -0.3 is 9.30 Å². The van der Waals surface area contributed by atoms with E-state index in [4.69, 9.17) is 4.74 Å². The lowest BCUT2D eigenvalue weighted by molar-refractivity contribution is -0.144. The molecule has 27 heavy (non-hydrogen) atoms. The fourth-order valence-corrected chi connectivity index (χ4v) is 4.15. The second kappa shape index (κ2) is 7.88. The lowest BCUT2D eigenvalue weighted by Gasteiger charge is -2.15. The van der Waals surface area contributed by atoms with Gasteiger partial charge in [-0.1, -0.05) is 48.1 Å². The van der Waals surface area contributed by atoms with Crippen LogP contribution in [0.2, 0.25) is 0 Å². The van der Waals surface area contributed by atoms with Crippen LogP contribution in [-0.2, 0) is 9.53 Å². The third kappa shape index (κ3) is 3.71. The van der Waals surface area contributed by atoms with Crippen molar-refractivity contribution in [2.75, 3.05) is 7.11 Å². The fraction of sp³-hybridized carbons (Fsp3) is 0.286. The quantitative estimate of drug-likeness (QED) is 0.636. The predicted octanol–water partition coefficient (Wildman–Crippen LogP) is 4.18. The molecule has 5 nitrogen and oxygen atoms in total. The highest BCUT2D eigenvalue weighted by Crippen LogP contribution is 2.26. The molecule has 1 aromatic heterocycles. The second-order valence-electron chi connectivity index (χ2n) is 6.41. The van der Waals surface area contributed by atoms with E-state index >= 15 is 0 Å². The van der Waals surface area contributed by atoms with Crippen molar-refractivity contribution in [1.82, 2.24) is 4.57 Å². The number of carbonyl (C=O) groups excluding carboxylic acids is 2. The van der Waals surface area contributed by atoms with Gasteiger partial charge in [0.15, 0.2) is 4.80 Å². The number of thiazole rings is 1. The number of fused-ring (bicyclic) bond motifs is 1. The number of carbonyl (C=O) groups is 2. The molecule has 1 unspecified atom stereocenters.